The molecule has 0 radical (unpaired) electrons. The van der Waals surface area contributed by atoms with Crippen molar-refractivity contribution in [1.29, 1.82) is 0 Å². The Morgan fingerprint density at radius 3 is 1.08 bits per heavy atom. The zero-order valence-corrected chi connectivity index (χ0v) is 50.4. The van der Waals surface area contributed by atoms with Crippen molar-refractivity contribution in [2.75, 3.05) is 47.5 Å². The Morgan fingerprint density at radius 2 is 0.720 bits per heavy atom. The highest BCUT2D eigenvalue weighted by Gasteiger charge is 2.22. The van der Waals surface area contributed by atoms with Gasteiger partial charge in [0.15, 0.2) is 12.4 Å². The predicted molar refractivity (Wildman–Crippen MR) is 316 cm³/mol. The van der Waals surface area contributed by atoms with Gasteiger partial charge in [-0.15, -0.1) is 0 Å². The maximum Gasteiger partial charge on any atom is 0.306 e. The number of carbonyl (C=O) groups is 3. The third-order valence-corrected chi connectivity index (χ3v) is 14.7. The topological polar surface area (TPSA) is 111 Å². The fourth-order valence-corrected chi connectivity index (χ4v) is 9.69. The van der Waals surface area contributed by atoms with Crippen LogP contribution in [-0.2, 0) is 33.3 Å². The summed E-state index contributed by atoms with van der Waals surface area (Å²) in [4.78, 5) is 37.3. The van der Waals surface area contributed by atoms with Crippen LogP contribution in [0.5, 0.6) is 0 Å². The molecule has 0 N–H and O–H groups in total. The SMILES string of the molecule is CCCCC/C=C\C/C=C\CCCCCCCCCC(=O)OC(COC(=O)CCCCCCCCCCCCCCCCCCCCCCCCCCCCCCCCCCC)COC(OCC[N+](C)(C)C)C(=O)[O-]. The normalized spacial score (nSPS) is 12.8. The highest BCUT2D eigenvalue weighted by Crippen LogP contribution is 2.18. The molecule has 9 nitrogen and oxygen atoms in total. The average Bonchev–Trinajstić information content (AvgIpc) is 3.38. The minimum absolute atomic E-state index is 0.148. The molecule has 0 fully saturated rings. The number of nitrogens with zero attached hydrogens (tertiary/aromatic N) is 1. The molecule has 0 spiro atoms. The van der Waals surface area contributed by atoms with Crippen LogP contribution in [-0.4, -0.2) is 82.3 Å². The number of esters is 2. The second-order valence-corrected chi connectivity index (χ2v) is 23.4. The minimum Gasteiger partial charge on any atom is -0.545 e. The number of carboxylic acid groups (broad SMARTS) is 1. The maximum absolute atomic E-state index is 12.9. The van der Waals surface area contributed by atoms with Crippen molar-refractivity contribution in [3.63, 3.8) is 0 Å². The highest BCUT2D eigenvalue weighted by atomic mass is 16.7. The molecule has 0 bridgehead atoms. The Hall–Kier alpha value is -2.23. The summed E-state index contributed by atoms with van der Waals surface area (Å²) in [6.45, 7) is 4.77. The van der Waals surface area contributed by atoms with E-state index in [2.05, 4.69) is 38.2 Å². The van der Waals surface area contributed by atoms with E-state index in [4.69, 9.17) is 18.9 Å². The Labute approximate surface area is 465 Å². The van der Waals surface area contributed by atoms with Crippen molar-refractivity contribution in [2.24, 2.45) is 0 Å². The van der Waals surface area contributed by atoms with Crippen molar-refractivity contribution in [3.05, 3.63) is 24.3 Å². The number of likely N-dealkylation sites (N-methyl/N-ethyl adjacent to an activating group) is 1. The van der Waals surface area contributed by atoms with Gasteiger partial charge in [0.1, 0.15) is 13.2 Å². The van der Waals surface area contributed by atoms with Gasteiger partial charge >= 0.3 is 11.9 Å². The third-order valence-electron chi connectivity index (χ3n) is 14.7. The highest BCUT2D eigenvalue weighted by molar-refractivity contribution is 5.70. The van der Waals surface area contributed by atoms with Gasteiger partial charge in [-0.1, -0.05) is 289 Å². The van der Waals surface area contributed by atoms with E-state index in [1.807, 2.05) is 21.1 Å². The lowest BCUT2D eigenvalue weighted by Gasteiger charge is -2.26. The van der Waals surface area contributed by atoms with Gasteiger partial charge in [-0.3, -0.25) is 9.59 Å². The first kappa shape index (κ1) is 72.8. The van der Waals surface area contributed by atoms with Gasteiger partial charge < -0.3 is 33.3 Å². The van der Waals surface area contributed by atoms with Gasteiger partial charge in [0.2, 0.25) is 0 Å². The number of allylic oxidation sites excluding steroid dienone is 4. The van der Waals surface area contributed by atoms with Crippen molar-refractivity contribution in [3.8, 4) is 0 Å². The van der Waals surface area contributed by atoms with Crippen molar-refractivity contribution < 1.29 is 42.9 Å². The summed E-state index contributed by atoms with van der Waals surface area (Å²) >= 11 is 0. The summed E-state index contributed by atoms with van der Waals surface area (Å²) in [6, 6.07) is 0. The zero-order chi connectivity index (χ0) is 54.8. The molecule has 0 heterocycles. The maximum atomic E-state index is 12.9. The molecule has 2 atom stereocenters. The lowest BCUT2D eigenvalue weighted by atomic mass is 10.0. The van der Waals surface area contributed by atoms with Crippen LogP contribution in [0.25, 0.3) is 0 Å². The lowest BCUT2D eigenvalue weighted by Crippen LogP contribution is -2.44. The smallest absolute Gasteiger partial charge is 0.306 e. The van der Waals surface area contributed by atoms with Crippen LogP contribution < -0.4 is 5.11 Å². The largest absolute Gasteiger partial charge is 0.545 e. The van der Waals surface area contributed by atoms with Gasteiger partial charge in [-0.05, 0) is 44.9 Å². The van der Waals surface area contributed by atoms with E-state index in [1.54, 1.807) is 0 Å². The van der Waals surface area contributed by atoms with E-state index in [1.165, 1.54) is 238 Å². The second-order valence-electron chi connectivity index (χ2n) is 23.4. The average molecular weight is 1060 g/mol. The lowest BCUT2D eigenvalue weighted by molar-refractivity contribution is -0.870. The van der Waals surface area contributed by atoms with E-state index in [0.29, 0.717) is 23.9 Å². The standard InChI is InChI=1S/C66H125NO8/c1-6-8-10-12-14-16-18-20-22-24-25-26-27-28-29-30-31-32-33-34-35-36-37-38-39-41-42-44-46-48-50-52-54-56-63(68)73-60-62(61-74-66(65(70)71)72-59-58-67(3,4)5)75-64(69)57-55-53-51-49-47-45-43-40-23-21-19-17-15-13-11-9-7-2/h15,17,21,23,62,66H,6-14,16,18-20,22,24-61H2,1-5H3/b17-15-,23-21-. The van der Waals surface area contributed by atoms with Crippen LogP contribution in [0, 0.1) is 0 Å². The Kier molecular flexibility index (Phi) is 56.2. The van der Waals surface area contributed by atoms with Gasteiger partial charge in [0, 0.05) is 12.8 Å². The molecule has 442 valence electrons. The molecule has 9 heteroatoms. The first-order valence-corrected chi connectivity index (χ1v) is 32.5. The molecule has 0 saturated heterocycles. The van der Waals surface area contributed by atoms with E-state index < -0.39 is 24.3 Å². The predicted octanol–water partition coefficient (Wildman–Crippen LogP) is 18.1. The summed E-state index contributed by atoms with van der Waals surface area (Å²) in [5, 5.41) is 11.8. The number of rotatable bonds is 61. The molecule has 0 aromatic rings. The third kappa shape index (κ3) is 59.3. The number of carboxylic acids is 1. The number of hydrogen-bond donors (Lipinski definition) is 0. The van der Waals surface area contributed by atoms with Crippen molar-refractivity contribution in [2.45, 2.75) is 334 Å². The number of unbranched alkanes of at least 4 members (excludes halogenated alkanes) is 42. The Morgan fingerprint density at radius 1 is 0.400 bits per heavy atom. The molecule has 2 unspecified atom stereocenters. The molecule has 0 amide bonds. The number of hydrogen-bond acceptors (Lipinski definition) is 8. The number of carbonyl (C=O) groups excluding carboxylic acids is 3. The van der Waals surface area contributed by atoms with Gasteiger partial charge in [-0.25, -0.2) is 0 Å². The monoisotopic (exact) mass is 1060 g/mol. The minimum atomic E-state index is -1.62. The molecule has 0 rings (SSSR count). The van der Waals surface area contributed by atoms with Gasteiger partial charge in [-0.2, -0.15) is 0 Å². The molecular weight excluding hydrogens is 935 g/mol. The molecule has 0 aromatic heterocycles. The Bertz CT molecular complexity index is 1280. The summed E-state index contributed by atoms with van der Waals surface area (Å²) in [7, 11) is 5.93. The number of quaternary nitrogens is 1. The van der Waals surface area contributed by atoms with Crippen LogP contribution in [0.2, 0.25) is 0 Å². The van der Waals surface area contributed by atoms with Crippen LogP contribution in [0.4, 0.5) is 0 Å². The molecule has 0 aliphatic rings. The van der Waals surface area contributed by atoms with Crippen molar-refractivity contribution >= 4 is 17.9 Å². The first-order chi connectivity index (χ1) is 36.6. The zero-order valence-electron chi connectivity index (χ0n) is 50.4. The van der Waals surface area contributed by atoms with Gasteiger partial charge in [0.05, 0.1) is 40.3 Å². The fourth-order valence-electron chi connectivity index (χ4n) is 9.69. The molecule has 0 saturated carbocycles. The number of aliphatic carboxylic acids is 1. The summed E-state index contributed by atoms with van der Waals surface area (Å²) in [5.41, 5.74) is 0. The number of ether oxygens (including phenoxy) is 4. The summed E-state index contributed by atoms with van der Waals surface area (Å²) < 4.78 is 22.7. The van der Waals surface area contributed by atoms with E-state index in [0.717, 1.165) is 51.4 Å². The second kappa shape index (κ2) is 57.9. The Balaban J connectivity index is 4.02. The fraction of sp³-hybridized carbons (Fsp3) is 0.894. The quantitative estimate of drug-likeness (QED) is 0.0195. The van der Waals surface area contributed by atoms with E-state index in [9.17, 15) is 19.5 Å². The summed E-state index contributed by atoms with van der Waals surface area (Å²) in [5.74, 6) is -2.27. The van der Waals surface area contributed by atoms with Crippen LogP contribution in [0.3, 0.4) is 0 Å². The van der Waals surface area contributed by atoms with Crippen LogP contribution in [0.15, 0.2) is 24.3 Å². The van der Waals surface area contributed by atoms with Gasteiger partial charge in [0.25, 0.3) is 0 Å². The molecule has 75 heavy (non-hydrogen) atoms. The van der Waals surface area contributed by atoms with Crippen LogP contribution >= 0.6 is 0 Å². The van der Waals surface area contributed by atoms with Crippen LogP contribution in [0.1, 0.15) is 322 Å². The molecule has 0 aromatic carbocycles. The van der Waals surface area contributed by atoms with E-state index in [-0.39, 0.29) is 32.2 Å². The summed E-state index contributed by atoms with van der Waals surface area (Å²) in [6.07, 6.45) is 66.9. The van der Waals surface area contributed by atoms with Crippen molar-refractivity contribution in [1.82, 2.24) is 0 Å². The molecule has 0 aliphatic heterocycles. The molecule has 0 aliphatic carbocycles. The molecular formula is C66H125NO8. The first-order valence-electron chi connectivity index (χ1n) is 32.5. The van der Waals surface area contributed by atoms with E-state index >= 15 is 0 Å².